The van der Waals surface area contributed by atoms with Gasteiger partial charge in [-0.15, -0.1) is 11.3 Å². The van der Waals surface area contributed by atoms with Crippen LogP contribution in [0.2, 0.25) is 0 Å². The molecule has 0 spiro atoms. The number of aryl methyl sites for hydroxylation is 1. The molecule has 6 heteroatoms. The van der Waals surface area contributed by atoms with Gasteiger partial charge in [0, 0.05) is 42.7 Å². The zero-order valence-corrected chi connectivity index (χ0v) is 17.2. The summed E-state index contributed by atoms with van der Waals surface area (Å²) < 4.78 is 16.8. The van der Waals surface area contributed by atoms with Crippen LogP contribution >= 0.6 is 11.3 Å². The minimum Gasteiger partial charge on any atom is -0.496 e. The number of hydrogen-bond acceptors (Lipinski definition) is 6. The Morgan fingerprint density at radius 3 is 2.86 bits per heavy atom. The van der Waals surface area contributed by atoms with Crippen LogP contribution in [-0.2, 0) is 16.7 Å². The minimum absolute atomic E-state index is 0.00940. The van der Waals surface area contributed by atoms with Crippen LogP contribution in [0, 0.1) is 6.92 Å². The molecule has 1 aliphatic rings. The number of thiazole rings is 1. The van der Waals surface area contributed by atoms with E-state index < -0.39 is 0 Å². The SMILES string of the molecule is COc1ccc(C)cc1C1(CNCc2csc(-c3ccco3)n2)CCOCC1. The average molecular weight is 399 g/mol. The van der Waals surface area contributed by atoms with Gasteiger partial charge in [0.15, 0.2) is 10.8 Å². The average Bonchev–Trinajstić information content (AvgIpc) is 3.40. The van der Waals surface area contributed by atoms with Crippen molar-refractivity contribution in [3.8, 4) is 16.5 Å². The normalized spacial score (nSPS) is 16.2. The Morgan fingerprint density at radius 2 is 2.11 bits per heavy atom. The summed E-state index contributed by atoms with van der Waals surface area (Å²) >= 11 is 1.61. The van der Waals surface area contributed by atoms with E-state index in [1.54, 1.807) is 24.7 Å². The maximum atomic E-state index is 5.70. The summed E-state index contributed by atoms with van der Waals surface area (Å²) in [5.41, 5.74) is 3.58. The Hall–Kier alpha value is -2.15. The van der Waals surface area contributed by atoms with Crippen LogP contribution in [0.5, 0.6) is 5.75 Å². The van der Waals surface area contributed by atoms with Crippen molar-refractivity contribution in [1.82, 2.24) is 10.3 Å². The fraction of sp³-hybridized carbons (Fsp3) is 0.409. The first-order chi connectivity index (χ1) is 13.7. The number of aromatic nitrogens is 1. The first kappa shape index (κ1) is 19.2. The first-order valence-electron chi connectivity index (χ1n) is 9.62. The molecular weight excluding hydrogens is 372 g/mol. The van der Waals surface area contributed by atoms with E-state index >= 15 is 0 Å². The topological polar surface area (TPSA) is 56.5 Å². The molecule has 2 aromatic heterocycles. The van der Waals surface area contributed by atoms with Crippen molar-refractivity contribution in [3.63, 3.8) is 0 Å². The number of ether oxygens (including phenoxy) is 2. The van der Waals surface area contributed by atoms with Crippen molar-refractivity contribution >= 4 is 11.3 Å². The molecule has 28 heavy (non-hydrogen) atoms. The highest BCUT2D eigenvalue weighted by Crippen LogP contribution is 2.40. The van der Waals surface area contributed by atoms with Crippen molar-refractivity contribution in [3.05, 3.63) is 58.8 Å². The van der Waals surface area contributed by atoms with Crippen LogP contribution in [0.15, 0.2) is 46.4 Å². The Morgan fingerprint density at radius 1 is 1.25 bits per heavy atom. The lowest BCUT2D eigenvalue weighted by Crippen LogP contribution is -2.43. The third kappa shape index (κ3) is 3.99. The van der Waals surface area contributed by atoms with E-state index in [0.717, 1.165) is 61.4 Å². The molecule has 4 rings (SSSR count). The lowest BCUT2D eigenvalue weighted by atomic mass is 9.73. The van der Waals surface area contributed by atoms with Crippen molar-refractivity contribution in [1.29, 1.82) is 0 Å². The van der Waals surface area contributed by atoms with E-state index in [9.17, 15) is 0 Å². The largest absolute Gasteiger partial charge is 0.496 e. The van der Waals surface area contributed by atoms with Crippen molar-refractivity contribution in [2.45, 2.75) is 31.7 Å². The van der Waals surface area contributed by atoms with E-state index in [1.165, 1.54) is 11.1 Å². The van der Waals surface area contributed by atoms with Crippen LogP contribution in [0.1, 0.15) is 29.7 Å². The van der Waals surface area contributed by atoms with Gasteiger partial charge in [-0.3, -0.25) is 0 Å². The molecule has 1 fully saturated rings. The first-order valence-corrected chi connectivity index (χ1v) is 10.5. The second-order valence-electron chi connectivity index (χ2n) is 7.32. The lowest BCUT2D eigenvalue weighted by molar-refractivity contribution is 0.0489. The van der Waals surface area contributed by atoms with Gasteiger partial charge >= 0.3 is 0 Å². The summed E-state index contributed by atoms with van der Waals surface area (Å²) in [6.07, 6.45) is 3.64. The van der Waals surface area contributed by atoms with E-state index in [-0.39, 0.29) is 5.41 Å². The predicted molar refractivity (Wildman–Crippen MR) is 111 cm³/mol. The number of nitrogens with zero attached hydrogens (tertiary/aromatic N) is 1. The van der Waals surface area contributed by atoms with Gasteiger partial charge in [0.1, 0.15) is 5.75 Å². The minimum atomic E-state index is 0.00940. The summed E-state index contributed by atoms with van der Waals surface area (Å²) in [5.74, 6) is 1.78. The van der Waals surface area contributed by atoms with Gasteiger partial charge in [-0.1, -0.05) is 17.7 Å². The monoisotopic (exact) mass is 398 g/mol. The van der Waals surface area contributed by atoms with E-state index in [4.69, 9.17) is 18.9 Å². The Labute approximate surface area is 169 Å². The molecule has 1 aromatic carbocycles. The van der Waals surface area contributed by atoms with Gasteiger partial charge in [0.25, 0.3) is 0 Å². The molecule has 0 amide bonds. The quantitative estimate of drug-likeness (QED) is 0.632. The van der Waals surface area contributed by atoms with E-state index in [1.807, 2.05) is 12.1 Å². The van der Waals surface area contributed by atoms with Crippen LogP contribution in [0.25, 0.3) is 10.8 Å². The maximum Gasteiger partial charge on any atom is 0.162 e. The van der Waals surface area contributed by atoms with Crippen molar-refractivity contribution in [2.24, 2.45) is 0 Å². The Bertz CT molecular complexity index is 898. The fourth-order valence-electron chi connectivity index (χ4n) is 3.87. The molecule has 3 heterocycles. The molecule has 1 N–H and O–H groups in total. The number of furan rings is 1. The summed E-state index contributed by atoms with van der Waals surface area (Å²) in [7, 11) is 1.75. The van der Waals surface area contributed by atoms with Crippen LogP contribution in [0.3, 0.4) is 0 Å². The number of hydrogen-bond donors (Lipinski definition) is 1. The zero-order chi connectivity index (χ0) is 19.4. The summed E-state index contributed by atoms with van der Waals surface area (Å²) in [6.45, 7) is 5.28. The second kappa shape index (κ2) is 8.47. The summed E-state index contributed by atoms with van der Waals surface area (Å²) in [6, 6.07) is 10.3. The molecule has 0 bridgehead atoms. The maximum absolute atomic E-state index is 5.70. The van der Waals surface area contributed by atoms with Gasteiger partial charge in [0.2, 0.25) is 0 Å². The molecule has 0 aliphatic carbocycles. The molecule has 0 saturated carbocycles. The smallest absolute Gasteiger partial charge is 0.162 e. The van der Waals surface area contributed by atoms with Gasteiger partial charge in [-0.2, -0.15) is 0 Å². The number of nitrogens with one attached hydrogen (secondary N) is 1. The molecule has 1 aliphatic heterocycles. The van der Waals surface area contributed by atoms with E-state index in [0.29, 0.717) is 0 Å². The third-order valence-electron chi connectivity index (χ3n) is 5.43. The molecule has 0 radical (unpaired) electrons. The highest BCUT2D eigenvalue weighted by Gasteiger charge is 2.36. The molecule has 5 nitrogen and oxygen atoms in total. The Kier molecular flexibility index (Phi) is 5.80. The highest BCUT2D eigenvalue weighted by atomic mass is 32.1. The van der Waals surface area contributed by atoms with Crippen LogP contribution < -0.4 is 10.1 Å². The third-order valence-corrected chi connectivity index (χ3v) is 6.34. The van der Waals surface area contributed by atoms with Crippen LogP contribution in [-0.4, -0.2) is 31.9 Å². The van der Waals surface area contributed by atoms with Gasteiger partial charge in [-0.05, 0) is 38.0 Å². The molecular formula is C22H26N2O3S. The van der Waals surface area contributed by atoms with Gasteiger partial charge < -0.3 is 19.2 Å². The van der Waals surface area contributed by atoms with E-state index in [2.05, 4.69) is 35.8 Å². The van der Waals surface area contributed by atoms with Gasteiger partial charge in [-0.25, -0.2) is 4.98 Å². The Balaban J connectivity index is 1.49. The number of benzene rings is 1. The lowest BCUT2D eigenvalue weighted by Gasteiger charge is -2.39. The van der Waals surface area contributed by atoms with Crippen molar-refractivity contribution < 1.29 is 13.9 Å². The highest BCUT2D eigenvalue weighted by molar-refractivity contribution is 7.13. The molecule has 3 aromatic rings. The summed E-state index contributed by atoms with van der Waals surface area (Å²) in [5, 5.41) is 6.65. The molecule has 1 saturated heterocycles. The zero-order valence-electron chi connectivity index (χ0n) is 16.4. The number of rotatable bonds is 7. The number of methoxy groups -OCH3 is 1. The predicted octanol–water partition coefficient (Wildman–Crippen LogP) is 4.56. The summed E-state index contributed by atoms with van der Waals surface area (Å²) in [4.78, 5) is 4.69. The van der Waals surface area contributed by atoms with Crippen LogP contribution in [0.4, 0.5) is 0 Å². The fourth-order valence-corrected chi connectivity index (χ4v) is 4.66. The second-order valence-corrected chi connectivity index (χ2v) is 8.18. The molecule has 148 valence electrons. The molecule has 0 atom stereocenters. The standard InChI is InChI=1S/C22H26N2O3S/c1-16-5-6-19(25-2)18(12-16)22(7-10-26-11-8-22)15-23-13-17-14-28-21(24-17)20-4-3-9-27-20/h3-6,9,12,14,23H,7-8,10-11,13,15H2,1-2H3. The van der Waals surface area contributed by atoms with Crippen molar-refractivity contribution in [2.75, 3.05) is 26.9 Å². The molecule has 0 unspecified atom stereocenters. The van der Waals surface area contributed by atoms with Gasteiger partial charge in [0.05, 0.1) is 19.1 Å².